The Hall–Kier alpha value is -1.42. The fraction of sp³-hybridized carbons (Fsp3) is 0.500. The van der Waals surface area contributed by atoms with Gasteiger partial charge in [-0.2, -0.15) is 0 Å². The molecule has 0 saturated carbocycles. The molecule has 3 nitrogen and oxygen atoms in total. The summed E-state index contributed by atoms with van der Waals surface area (Å²) in [6.07, 6.45) is 2.93. The fourth-order valence-corrected chi connectivity index (χ4v) is 1.80. The van der Waals surface area contributed by atoms with Gasteiger partial charge in [0.2, 0.25) is 0 Å². The average molecular weight is 252 g/mol. The van der Waals surface area contributed by atoms with Gasteiger partial charge in [-0.15, -0.1) is 0 Å². The summed E-state index contributed by atoms with van der Waals surface area (Å²) in [5.74, 6) is -0.651. The van der Waals surface area contributed by atoms with E-state index in [0.717, 1.165) is 24.8 Å². The molecule has 3 N–H and O–H groups in total. The standard InChI is InChI=1S/C14H21FN2O/c1-3-4-5-12(9-16)17-14(18)13-8-11(15)7-6-10(13)2/h6-8,12H,3-5,9,16H2,1-2H3,(H,17,18). The molecule has 1 amide bonds. The van der Waals surface area contributed by atoms with Gasteiger partial charge in [-0.1, -0.05) is 25.8 Å². The van der Waals surface area contributed by atoms with Crippen LogP contribution in [-0.2, 0) is 0 Å². The summed E-state index contributed by atoms with van der Waals surface area (Å²) in [6, 6.07) is 4.18. The number of rotatable bonds is 6. The Balaban J connectivity index is 2.71. The lowest BCUT2D eigenvalue weighted by molar-refractivity contribution is 0.0934. The molecule has 0 aromatic heterocycles. The van der Waals surface area contributed by atoms with Crippen molar-refractivity contribution >= 4 is 5.91 Å². The second kappa shape index (κ2) is 7.11. The Morgan fingerprint density at radius 1 is 1.50 bits per heavy atom. The van der Waals surface area contributed by atoms with Gasteiger partial charge < -0.3 is 11.1 Å². The zero-order valence-electron chi connectivity index (χ0n) is 11.0. The molecule has 0 spiro atoms. The van der Waals surface area contributed by atoms with Crippen LogP contribution in [0.15, 0.2) is 18.2 Å². The monoisotopic (exact) mass is 252 g/mol. The van der Waals surface area contributed by atoms with Crippen LogP contribution in [0.4, 0.5) is 4.39 Å². The number of carbonyl (C=O) groups excluding carboxylic acids is 1. The maximum atomic E-state index is 13.1. The molecule has 100 valence electrons. The summed E-state index contributed by atoms with van der Waals surface area (Å²) in [5.41, 5.74) is 6.76. The summed E-state index contributed by atoms with van der Waals surface area (Å²) in [6.45, 7) is 4.28. The number of nitrogens with two attached hydrogens (primary N) is 1. The molecule has 1 aromatic rings. The van der Waals surface area contributed by atoms with Crippen LogP contribution in [0.2, 0.25) is 0 Å². The van der Waals surface area contributed by atoms with Gasteiger partial charge in [-0.3, -0.25) is 4.79 Å². The van der Waals surface area contributed by atoms with Crippen molar-refractivity contribution in [2.75, 3.05) is 6.54 Å². The van der Waals surface area contributed by atoms with Gasteiger partial charge >= 0.3 is 0 Å². The SMILES string of the molecule is CCCCC(CN)NC(=O)c1cc(F)ccc1C. The van der Waals surface area contributed by atoms with Gasteiger partial charge in [-0.05, 0) is 31.0 Å². The van der Waals surface area contributed by atoms with Gasteiger partial charge in [-0.25, -0.2) is 4.39 Å². The highest BCUT2D eigenvalue weighted by Gasteiger charge is 2.14. The highest BCUT2D eigenvalue weighted by Crippen LogP contribution is 2.11. The van der Waals surface area contributed by atoms with E-state index in [9.17, 15) is 9.18 Å². The topological polar surface area (TPSA) is 55.1 Å². The van der Waals surface area contributed by atoms with Crippen molar-refractivity contribution in [1.82, 2.24) is 5.32 Å². The molecule has 1 aromatic carbocycles. The second-order valence-corrected chi connectivity index (χ2v) is 4.51. The van der Waals surface area contributed by atoms with Crippen LogP contribution in [-0.4, -0.2) is 18.5 Å². The van der Waals surface area contributed by atoms with Crippen LogP contribution in [0.5, 0.6) is 0 Å². The highest BCUT2D eigenvalue weighted by atomic mass is 19.1. The first-order valence-corrected chi connectivity index (χ1v) is 6.35. The number of hydrogen-bond donors (Lipinski definition) is 2. The Kier molecular flexibility index (Phi) is 5.78. The van der Waals surface area contributed by atoms with E-state index in [1.54, 1.807) is 13.0 Å². The minimum atomic E-state index is -0.399. The smallest absolute Gasteiger partial charge is 0.251 e. The van der Waals surface area contributed by atoms with Crippen LogP contribution in [0, 0.1) is 12.7 Å². The number of hydrogen-bond acceptors (Lipinski definition) is 2. The van der Waals surface area contributed by atoms with E-state index in [1.165, 1.54) is 12.1 Å². The third kappa shape index (κ3) is 4.11. The van der Waals surface area contributed by atoms with Crippen LogP contribution in [0.3, 0.4) is 0 Å². The lowest BCUT2D eigenvalue weighted by Gasteiger charge is -2.17. The maximum absolute atomic E-state index is 13.1. The molecule has 1 unspecified atom stereocenters. The number of benzene rings is 1. The first-order chi connectivity index (χ1) is 8.58. The molecule has 4 heteroatoms. The molecule has 1 atom stereocenters. The maximum Gasteiger partial charge on any atom is 0.251 e. The lowest BCUT2D eigenvalue weighted by atomic mass is 10.1. The predicted molar refractivity (Wildman–Crippen MR) is 71.0 cm³/mol. The number of amides is 1. The average Bonchev–Trinajstić information content (AvgIpc) is 2.37. The first kappa shape index (κ1) is 14.6. The van der Waals surface area contributed by atoms with Crippen LogP contribution in [0.25, 0.3) is 0 Å². The van der Waals surface area contributed by atoms with E-state index in [2.05, 4.69) is 12.2 Å². The van der Waals surface area contributed by atoms with Gasteiger partial charge in [0.1, 0.15) is 5.82 Å². The van der Waals surface area contributed by atoms with Crippen LogP contribution in [0.1, 0.15) is 42.1 Å². The molecule has 0 saturated heterocycles. The van der Waals surface area contributed by atoms with E-state index in [4.69, 9.17) is 5.73 Å². The minimum Gasteiger partial charge on any atom is -0.348 e. The number of aryl methyl sites for hydroxylation is 1. The Bertz CT molecular complexity index is 407. The molecule has 0 fully saturated rings. The molecular formula is C14H21FN2O. The van der Waals surface area contributed by atoms with Gasteiger partial charge in [0.25, 0.3) is 5.91 Å². The van der Waals surface area contributed by atoms with Crippen molar-refractivity contribution in [3.63, 3.8) is 0 Å². The van der Waals surface area contributed by atoms with Gasteiger partial charge in [0, 0.05) is 18.2 Å². The fourth-order valence-electron chi connectivity index (χ4n) is 1.80. The van der Waals surface area contributed by atoms with Crippen molar-refractivity contribution in [1.29, 1.82) is 0 Å². The van der Waals surface area contributed by atoms with Crippen molar-refractivity contribution in [2.24, 2.45) is 5.73 Å². The highest BCUT2D eigenvalue weighted by molar-refractivity contribution is 5.95. The van der Waals surface area contributed by atoms with Gasteiger partial charge in [0.15, 0.2) is 0 Å². The number of halogens is 1. The van der Waals surface area contributed by atoms with E-state index < -0.39 is 5.82 Å². The van der Waals surface area contributed by atoms with E-state index in [0.29, 0.717) is 12.1 Å². The van der Waals surface area contributed by atoms with Gasteiger partial charge in [0.05, 0.1) is 0 Å². The number of unbranched alkanes of at least 4 members (excludes halogenated alkanes) is 1. The summed E-state index contributed by atoms with van der Waals surface area (Å²) in [5, 5.41) is 2.86. The van der Waals surface area contributed by atoms with E-state index >= 15 is 0 Å². The molecular weight excluding hydrogens is 231 g/mol. The molecule has 0 radical (unpaired) electrons. The quantitative estimate of drug-likeness (QED) is 0.816. The first-order valence-electron chi connectivity index (χ1n) is 6.35. The summed E-state index contributed by atoms with van der Waals surface area (Å²) < 4.78 is 13.1. The Labute approximate surface area is 108 Å². The lowest BCUT2D eigenvalue weighted by Crippen LogP contribution is -2.40. The van der Waals surface area contributed by atoms with Crippen molar-refractivity contribution in [3.05, 3.63) is 35.1 Å². The molecule has 0 heterocycles. The zero-order chi connectivity index (χ0) is 13.5. The molecule has 0 aliphatic heterocycles. The van der Waals surface area contributed by atoms with Crippen molar-refractivity contribution < 1.29 is 9.18 Å². The molecule has 0 bridgehead atoms. The normalized spacial score (nSPS) is 12.2. The summed E-state index contributed by atoms with van der Waals surface area (Å²) >= 11 is 0. The predicted octanol–water partition coefficient (Wildman–Crippen LogP) is 2.38. The molecule has 0 aliphatic rings. The molecule has 1 rings (SSSR count). The second-order valence-electron chi connectivity index (χ2n) is 4.51. The van der Waals surface area contributed by atoms with E-state index in [-0.39, 0.29) is 11.9 Å². The number of carbonyl (C=O) groups is 1. The minimum absolute atomic E-state index is 0.0416. The third-order valence-electron chi connectivity index (χ3n) is 2.97. The molecule has 18 heavy (non-hydrogen) atoms. The number of nitrogens with one attached hydrogen (secondary N) is 1. The Morgan fingerprint density at radius 3 is 2.83 bits per heavy atom. The van der Waals surface area contributed by atoms with E-state index in [1.807, 2.05) is 0 Å². The largest absolute Gasteiger partial charge is 0.348 e. The van der Waals surface area contributed by atoms with Crippen molar-refractivity contribution in [3.8, 4) is 0 Å². The Morgan fingerprint density at radius 2 is 2.22 bits per heavy atom. The summed E-state index contributed by atoms with van der Waals surface area (Å²) in [7, 11) is 0. The molecule has 0 aliphatic carbocycles. The van der Waals surface area contributed by atoms with Crippen molar-refractivity contribution in [2.45, 2.75) is 39.2 Å². The summed E-state index contributed by atoms with van der Waals surface area (Å²) in [4.78, 5) is 12.0. The van der Waals surface area contributed by atoms with Crippen LogP contribution < -0.4 is 11.1 Å². The van der Waals surface area contributed by atoms with Crippen LogP contribution >= 0.6 is 0 Å². The zero-order valence-corrected chi connectivity index (χ0v) is 11.0. The third-order valence-corrected chi connectivity index (χ3v) is 2.97.